The minimum Gasteiger partial charge on any atom is -0.468 e. The zero-order valence-corrected chi connectivity index (χ0v) is 15.5. The highest BCUT2D eigenvalue weighted by molar-refractivity contribution is 6.31. The second-order valence-corrected chi connectivity index (χ2v) is 6.86. The first-order chi connectivity index (χ1) is 12.5. The fourth-order valence-corrected chi connectivity index (χ4v) is 3.12. The Bertz CT molecular complexity index is 768. The predicted octanol–water partition coefficient (Wildman–Crippen LogP) is 2.91. The van der Waals surface area contributed by atoms with Crippen molar-refractivity contribution in [2.45, 2.75) is 19.9 Å². The molecule has 0 bridgehead atoms. The smallest absolute Gasteiger partial charge is 0.233 e. The van der Waals surface area contributed by atoms with Gasteiger partial charge in [-0.05, 0) is 36.8 Å². The quantitative estimate of drug-likeness (QED) is 0.816. The molecule has 0 spiro atoms. The first-order valence-electron chi connectivity index (χ1n) is 8.60. The molecule has 0 radical (unpaired) electrons. The first-order valence-corrected chi connectivity index (χ1v) is 8.97. The summed E-state index contributed by atoms with van der Waals surface area (Å²) in [5, 5.41) is 3.31. The molecule has 0 saturated carbocycles. The normalized spacial score (nSPS) is 15.1. The molecule has 0 unspecified atom stereocenters. The van der Waals surface area contributed by atoms with Gasteiger partial charge in [0.05, 0.1) is 12.8 Å². The van der Waals surface area contributed by atoms with Crippen molar-refractivity contribution in [3.05, 3.63) is 52.9 Å². The Hall–Kier alpha value is -2.31. The van der Waals surface area contributed by atoms with Crippen molar-refractivity contribution >= 4 is 29.1 Å². The first kappa shape index (κ1) is 18.5. The molecule has 0 aliphatic carbocycles. The lowest BCUT2D eigenvalue weighted by atomic mass is 10.2. The number of piperazine rings is 1. The molecule has 2 heterocycles. The number of carbonyl (C=O) groups excluding carboxylic acids is 2. The van der Waals surface area contributed by atoms with Gasteiger partial charge in [0.15, 0.2) is 0 Å². The molecule has 2 amide bonds. The molecule has 7 heteroatoms. The van der Waals surface area contributed by atoms with Crippen LogP contribution in [0.4, 0.5) is 5.69 Å². The standard InChI is InChI=1S/C19H22ClN3O3/c1-14-4-5-15(20)11-17(14)21-18(24)12-19(25)23-8-6-22(7-9-23)13-16-3-2-10-26-16/h2-5,10-11H,6-9,12-13H2,1H3,(H,21,24). The lowest BCUT2D eigenvalue weighted by Crippen LogP contribution is -2.48. The van der Waals surface area contributed by atoms with Crippen LogP contribution in [0.25, 0.3) is 0 Å². The highest BCUT2D eigenvalue weighted by Crippen LogP contribution is 2.20. The van der Waals surface area contributed by atoms with Gasteiger partial charge >= 0.3 is 0 Å². The van der Waals surface area contributed by atoms with Gasteiger partial charge in [0.25, 0.3) is 0 Å². The van der Waals surface area contributed by atoms with Crippen LogP contribution in [0.2, 0.25) is 5.02 Å². The van der Waals surface area contributed by atoms with E-state index in [4.69, 9.17) is 16.0 Å². The summed E-state index contributed by atoms with van der Waals surface area (Å²) in [5.74, 6) is 0.444. The van der Waals surface area contributed by atoms with E-state index in [1.54, 1.807) is 23.3 Å². The number of hydrogen-bond acceptors (Lipinski definition) is 4. The molecule has 1 aromatic carbocycles. The Morgan fingerprint density at radius 2 is 1.96 bits per heavy atom. The topological polar surface area (TPSA) is 65.8 Å². The van der Waals surface area contributed by atoms with Gasteiger partial charge in [-0.25, -0.2) is 0 Å². The van der Waals surface area contributed by atoms with Crippen molar-refractivity contribution in [1.29, 1.82) is 0 Å². The number of furan rings is 1. The number of anilines is 1. The van der Waals surface area contributed by atoms with E-state index in [0.29, 0.717) is 23.8 Å². The van der Waals surface area contributed by atoms with Crippen molar-refractivity contribution in [1.82, 2.24) is 9.80 Å². The molecule has 6 nitrogen and oxygen atoms in total. The van der Waals surface area contributed by atoms with Gasteiger partial charge in [-0.15, -0.1) is 0 Å². The second-order valence-electron chi connectivity index (χ2n) is 6.42. The van der Waals surface area contributed by atoms with E-state index < -0.39 is 0 Å². The summed E-state index contributed by atoms with van der Waals surface area (Å²) in [4.78, 5) is 28.5. The van der Waals surface area contributed by atoms with E-state index in [1.165, 1.54) is 0 Å². The van der Waals surface area contributed by atoms with Crippen LogP contribution >= 0.6 is 11.6 Å². The van der Waals surface area contributed by atoms with E-state index in [1.807, 2.05) is 25.1 Å². The maximum Gasteiger partial charge on any atom is 0.233 e. The second kappa shape index (κ2) is 8.38. The number of carbonyl (C=O) groups is 2. The lowest BCUT2D eigenvalue weighted by molar-refractivity contribution is -0.136. The van der Waals surface area contributed by atoms with Gasteiger partial charge in [-0.2, -0.15) is 0 Å². The van der Waals surface area contributed by atoms with Crippen LogP contribution in [-0.4, -0.2) is 47.8 Å². The third kappa shape index (κ3) is 4.86. The van der Waals surface area contributed by atoms with Crippen molar-refractivity contribution in [2.75, 3.05) is 31.5 Å². The largest absolute Gasteiger partial charge is 0.468 e. The van der Waals surface area contributed by atoms with Crippen LogP contribution in [0.1, 0.15) is 17.7 Å². The van der Waals surface area contributed by atoms with Crippen LogP contribution in [0.15, 0.2) is 41.0 Å². The average molecular weight is 376 g/mol. The molecule has 1 fully saturated rings. The fourth-order valence-electron chi connectivity index (χ4n) is 2.95. The zero-order chi connectivity index (χ0) is 18.5. The van der Waals surface area contributed by atoms with E-state index in [9.17, 15) is 9.59 Å². The minimum absolute atomic E-state index is 0.153. The Morgan fingerprint density at radius 3 is 2.65 bits per heavy atom. The number of hydrogen-bond donors (Lipinski definition) is 1. The van der Waals surface area contributed by atoms with E-state index in [-0.39, 0.29) is 18.2 Å². The summed E-state index contributed by atoms with van der Waals surface area (Å²) >= 11 is 5.95. The molecular weight excluding hydrogens is 354 g/mol. The van der Waals surface area contributed by atoms with E-state index >= 15 is 0 Å². The van der Waals surface area contributed by atoms with Crippen molar-refractivity contribution < 1.29 is 14.0 Å². The summed E-state index contributed by atoms with van der Waals surface area (Å²) in [6.45, 7) is 5.38. The highest BCUT2D eigenvalue weighted by Gasteiger charge is 2.23. The minimum atomic E-state index is -0.321. The molecule has 3 rings (SSSR count). The molecule has 2 aromatic rings. The van der Waals surface area contributed by atoms with Gasteiger partial charge in [0.2, 0.25) is 11.8 Å². The van der Waals surface area contributed by atoms with E-state index in [0.717, 1.165) is 31.0 Å². The number of benzene rings is 1. The van der Waals surface area contributed by atoms with Crippen LogP contribution in [0, 0.1) is 6.92 Å². The zero-order valence-electron chi connectivity index (χ0n) is 14.7. The number of aryl methyl sites for hydroxylation is 1. The van der Waals surface area contributed by atoms with E-state index in [2.05, 4.69) is 10.2 Å². The van der Waals surface area contributed by atoms with Crippen LogP contribution in [-0.2, 0) is 16.1 Å². The Kier molecular flexibility index (Phi) is 5.96. The molecule has 0 atom stereocenters. The van der Waals surface area contributed by atoms with Gasteiger partial charge in [-0.1, -0.05) is 17.7 Å². The van der Waals surface area contributed by atoms with Crippen LogP contribution < -0.4 is 5.32 Å². The molecule has 1 aliphatic rings. The summed E-state index contributed by atoms with van der Waals surface area (Å²) in [6.07, 6.45) is 1.50. The third-order valence-corrected chi connectivity index (χ3v) is 4.71. The van der Waals surface area contributed by atoms with Gasteiger partial charge in [0.1, 0.15) is 12.2 Å². The average Bonchev–Trinajstić information content (AvgIpc) is 3.11. The maximum absolute atomic E-state index is 12.4. The SMILES string of the molecule is Cc1ccc(Cl)cc1NC(=O)CC(=O)N1CCN(Cc2ccco2)CC1. The summed E-state index contributed by atoms with van der Waals surface area (Å²) in [6, 6.07) is 9.10. The summed E-state index contributed by atoms with van der Waals surface area (Å²) < 4.78 is 5.35. The molecule has 1 saturated heterocycles. The number of halogens is 1. The Labute approximate surface area is 157 Å². The third-order valence-electron chi connectivity index (χ3n) is 4.47. The molecule has 1 aromatic heterocycles. The number of nitrogens with zero attached hydrogens (tertiary/aromatic N) is 2. The van der Waals surface area contributed by atoms with Gasteiger partial charge in [0, 0.05) is 36.9 Å². The molecule has 26 heavy (non-hydrogen) atoms. The lowest BCUT2D eigenvalue weighted by Gasteiger charge is -2.34. The van der Waals surface area contributed by atoms with Gasteiger partial charge in [-0.3, -0.25) is 14.5 Å². The predicted molar refractivity (Wildman–Crippen MR) is 100 cm³/mol. The van der Waals surface area contributed by atoms with Crippen molar-refractivity contribution in [3.63, 3.8) is 0 Å². The van der Waals surface area contributed by atoms with Crippen LogP contribution in [0.5, 0.6) is 0 Å². The number of amides is 2. The monoisotopic (exact) mass is 375 g/mol. The highest BCUT2D eigenvalue weighted by atomic mass is 35.5. The van der Waals surface area contributed by atoms with Gasteiger partial charge < -0.3 is 14.6 Å². The van der Waals surface area contributed by atoms with Crippen molar-refractivity contribution in [2.24, 2.45) is 0 Å². The molecule has 1 aliphatic heterocycles. The summed E-state index contributed by atoms with van der Waals surface area (Å²) in [7, 11) is 0. The number of nitrogens with one attached hydrogen (secondary N) is 1. The van der Waals surface area contributed by atoms with Crippen molar-refractivity contribution in [3.8, 4) is 0 Å². The van der Waals surface area contributed by atoms with Crippen LogP contribution in [0.3, 0.4) is 0 Å². The number of rotatable bonds is 5. The fraction of sp³-hybridized carbons (Fsp3) is 0.368. The Morgan fingerprint density at radius 1 is 1.19 bits per heavy atom. The maximum atomic E-state index is 12.4. The summed E-state index contributed by atoms with van der Waals surface area (Å²) in [5.41, 5.74) is 1.54. The molecule has 1 N–H and O–H groups in total. The molecule has 138 valence electrons. The Balaban J connectivity index is 1.46. The molecular formula is C19H22ClN3O3.